The number of anilines is 2. The second-order valence-corrected chi connectivity index (χ2v) is 11.0. The topological polar surface area (TPSA) is 19.0 Å². The van der Waals surface area contributed by atoms with E-state index in [4.69, 9.17) is 4.74 Å². The minimum atomic E-state index is -0.154. The lowest BCUT2D eigenvalue weighted by molar-refractivity contribution is 0.104. The Kier molecular flexibility index (Phi) is 6.61. The molecule has 0 N–H and O–H groups in total. The lowest BCUT2D eigenvalue weighted by Crippen LogP contribution is -2.39. The smallest absolute Gasteiger partial charge is 0.148 e. The van der Waals surface area contributed by atoms with Crippen LogP contribution >= 0.6 is 0 Å². The third kappa shape index (κ3) is 4.59. The summed E-state index contributed by atoms with van der Waals surface area (Å²) in [5.41, 5.74) is 6.03. The summed E-state index contributed by atoms with van der Waals surface area (Å²) in [6.45, 7) is 10.6. The predicted molar refractivity (Wildman–Crippen MR) is 147 cm³/mol. The Labute approximate surface area is 215 Å². The Morgan fingerprint density at radius 1 is 1.06 bits per heavy atom. The minimum Gasteiger partial charge on any atom is -0.378 e. The van der Waals surface area contributed by atoms with E-state index in [-0.39, 0.29) is 5.82 Å². The molecular weight excluding hydrogens is 449 g/mol. The molecule has 0 saturated carbocycles. The molecule has 0 bridgehead atoms. The van der Waals surface area contributed by atoms with Gasteiger partial charge in [-0.15, -0.1) is 0 Å². The van der Waals surface area contributed by atoms with Crippen molar-refractivity contribution in [1.29, 1.82) is 0 Å². The number of ether oxygens (including phenoxy) is 1. The fourth-order valence-corrected chi connectivity index (χ4v) is 6.62. The van der Waals surface area contributed by atoms with Crippen molar-refractivity contribution in [2.45, 2.75) is 70.1 Å². The van der Waals surface area contributed by atoms with Crippen LogP contribution in [0.1, 0.15) is 62.1 Å². The molecule has 3 atom stereocenters. The van der Waals surface area contributed by atoms with Gasteiger partial charge in [0, 0.05) is 61.0 Å². The third-order valence-electron chi connectivity index (χ3n) is 8.69. The van der Waals surface area contributed by atoms with Crippen LogP contribution in [0.3, 0.4) is 0 Å². The van der Waals surface area contributed by atoms with Crippen molar-refractivity contribution in [2.75, 3.05) is 36.0 Å². The molecular formula is C31H38FN3O. The molecule has 4 aliphatic heterocycles. The molecule has 4 aliphatic rings. The molecule has 2 aromatic rings. The van der Waals surface area contributed by atoms with E-state index in [1.54, 1.807) is 6.07 Å². The number of likely N-dealkylation sites (tertiary alicyclic amines) is 1. The number of hydrogen-bond acceptors (Lipinski definition) is 4. The molecule has 0 aromatic heterocycles. The van der Waals surface area contributed by atoms with E-state index in [1.807, 2.05) is 23.2 Å². The summed E-state index contributed by atoms with van der Waals surface area (Å²) < 4.78 is 21.2. The Morgan fingerprint density at radius 3 is 2.75 bits per heavy atom. The van der Waals surface area contributed by atoms with Gasteiger partial charge in [0.1, 0.15) is 5.82 Å². The number of nitrogens with zero attached hydrogens (tertiary/aromatic N) is 3. The van der Waals surface area contributed by atoms with Crippen molar-refractivity contribution in [1.82, 2.24) is 4.90 Å². The lowest BCUT2D eigenvalue weighted by Gasteiger charge is -2.30. The highest BCUT2D eigenvalue weighted by Crippen LogP contribution is 2.36. The van der Waals surface area contributed by atoms with Crippen molar-refractivity contribution in [3.8, 4) is 0 Å². The normalized spacial score (nSPS) is 26.3. The van der Waals surface area contributed by atoms with Gasteiger partial charge in [0.25, 0.3) is 0 Å². The largest absolute Gasteiger partial charge is 0.378 e. The molecule has 4 nitrogen and oxygen atoms in total. The van der Waals surface area contributed by atoms with E-state index < -0.39 is 0 Å². The average molecular weight is 488 g/mol. The van der Waals surface area contributed by atoms with Gasteiger partial charge in [-0.25, -0.2) is 4.39 Å². The predicted octanol–water partition coefficient (Wildman–Crippen LogP) is 6.46. The quantitative estimate of drug-likeness (QED) is 0.465. The molecule has 5 heteroatoms. The molecule has 2 aromatic carbocycles. The monoisotopic (exact) mass is 487 g/mol. The Morgan fingerprint density at radius 2 is 1.97 bits per heavy atom. The number of rotatable bonds is 6. The maximum absolute atomic E-state index is 15.4. The third-order valence-corrected chi connectivity index (χ3v) is 8.69. The van der Waals surface area contributed by atoms with Gasteiger partial charge in [0.15, 0.2) is 0 Å². The number of aryl methyl sites for hydroxylation is 1. The SMILES string of the molecule is C=C1c2ccc(CCC3CCCO3)cc2C=CN1c1ccc(N2CCC(N3CCC[C@@H]3C)C2)c(F)c1. The molecule has 36 heavy (non-hydrogen) atoms. The first-order chi connectivity index (χ1) is 17.6. The summed E-state index contributed by atoms with van der Waals surface area (Å²) in [5, 5.41) is 0. The van der Waals surface area contributed by atoms with Crippen LogP contribution in [0.25, 0.3) is 11.8 Å². The highest BCUT2D eigenvalue weighted by Gasteiger charge is 2.33. The lowest BCUT2D eigenvalue weighted by atomic mass is 9.95. The standard InChI is InChI=1S/C31H38FN3O/c1-22-5-3-15-34(22)27-14-16-33(21-27)31-12-9-26(20-30(31)32)35-17-13-25-19-24(8-11-29(25)23(35)2)7-10-28-6-4-18-36-28/h8-9,11-13,17,19-20,22,27-28H,2-7,10,14-16,18,21H2,1H3/t22-,27?,28?/m0/s1. The highest BCUT2D eigenvalue weighted by molar-refractivity contribution is 5.89. The van der Waals surface area contributed by atoms with Gasteiger partial charge in [-0.2, -0.15) is 0 Å². The van der Waals surface area contributed by atoms with Crippen LogP contribution in [0.4, 0.5) is 15.8 Å². The molecule has 0 aliphatic carbocycles. The van der Waals surface area contributed by atoms with Gasteiger partial charge in [0.2, 0.25) is 0 Å². The van der Waals surface area contributed by atoms with Gasteiger partial charge in [0.05, 0.1) is 11.8 Å². The zero-order valence-corrected chi connectivity index (χ0v) is 21.5. The van der Waals surface area contributed by atoms with E-state index in [1.165, 1.54) is 43.4 Å². The second-order valence-electron chi connectivity index (χ2n) is 11.0. The summed E-state index contributed by atoms with van der Waals surface area (Å²) in [6.07, 6.45) is 12.7. The first-order valence-corrected chi connectivity index (χ1v) is 13.8. The van der Waals surface area contributed by atoms with Crippen LogP contribution in [0, 0.1) is 5.82 Å². The molecule has 3 fully saturated rings. The minimum absolute atomic E-state index is 0.154. The summed E-state index contributed by atoms with van der Waals surface area (Å²) >= 11 is 0. The van der Waals surface area contributed by atoms with Crippen LogP contribution in [-0.4, -0.2) is 49.3 Å². The average Bonchev–Trinajstić information content (AvgIpc) is 3.65. The maximum atomic E-state index is 15.4. The maximum Gasteiger partial charge on any atom is 0.148 e. The highest BCUT2D eigenvalue weighted by atomic mass is 19.1. The van der Waals surface area contributed by atoms with Crippen LogP contribution in [-0.2, 0) is 11.2 Å². The zero-order chi connectivity index (χ0) is 24.6. The molecule has 0 amide bonds. The molecule has 6 rings (SSSR count). The Hall–Kier alpha value is -2.63. The van der Waals surface area contributed by atoms with Crippen molar-refractivity contribution < 1.29 is 9.13 Å². The molecule has 190 valence electrons. The van der Waals surface area contributed by atoms with E-state index in [2.05, 4.69) is 47.6 Å². The number of fused-ring (bicyclic) bond motifs is 1. The van der Waals surface area contributed by atoms with Gasteiger partial charge in [-0.1, -0.05) is 24.8 Å². The molecule has 0 spiro atoms. The number of benzene rings is 2. The van der Waals surface area contributed by atoms with Gasteiger partial charge >= 0.3 is 0 Å². The molecule has 4 heterocycles. The van der Waals surface area contributed by atoms with Gasteiger partial charge < -0.3 is 14.5 Å². The summed E-state index contributed by atoms with van der Waals surface area (Å²) in [6, 6.07) is 13.5. The van der Waals surface area contributed by atoms with E-state index >= 15 is 4.39 Å². The van der Waals surface area contributed by atoms with Crippen molar-refractivity contribution >= 4 is 23.1 Å². The first-order valence-electron chi connectivity index (χ1n) is 13.8. The summed E-state index contributed by atoms with van der Waals surface area (Å²) in [7, 11) is 0. The summed E-state index contributed by atoms with van der Waals surface area (Å²) in [4.78, 5) is 6.85. The number of hydrogen-bond donors (Lipinski definition) is 0. The number of halogens is 1. The van der Waals surface area contributed by atoms with E-state index in [9.17, 15) is 0 Å². The fourth-order valence-electron chi connectivity index (χ4n) is 6.62. The van der Waals surface area contributed by atoms with Gasteiger partial charge in [-0.3, -0.25) is 4.90 Å². The van der Waals surface area contributed by atoms with Crippen molar-refractivity contribution in [3.05, 3.63) is 71.7 Å². The Balaban J connectivity index is 1.13. The van der Waals surface area contributed by atoms with Crippen LogP contribution in [0.2, 0.25) is 0 Å². The van der Waals surface area contributed by atoms with Crippen LogP contribution in [0.15, 0.2) is 49.2 Å². The molecule has 0 radical (unpaired) electrons. The van der Waals surface area contributed by atoms with E-state index in [0.717, 1.165) is 61.6 Å². The Bertz CT molecular complexity index is 1150. The second kappa shape index (κ2) is 10.0. The molecule has 2 unspecified atom stereocenters. The van der Waals surface area contributed by atoms with Gasteiger partial charge in [-0.05, 0) is 87.7 Å². The first kappa shape index (κ1) is 23.7. The molecule has 3 saturated heterocycles. The zero-order valence-electron chi connectivity index (χ0n) is 21.5. The van der Waals surface area contributed by atoms with Crippen LogP contribution in [0.5, 0.6) is 0 Å². The fraction of sp³-hybridized carbons (Fsp3) is 0.484. The van der Waals surface area contributed by atoms with E-state index in [0.29, 0.717) is 18.2 Å². The van der Waals surface area contributed by atoms with Crippen molar-refractivity contribution in [2.24, 2.45) is 0 Å². The summed E-state index contributed by atoms with van der Waals surface area (Å²) in [5.74, 6) is -0.154. The van der Waals surface area contributed by atoms with Crippen molar-refractivity contribution in [3.63, 3.8) is 0 Å². The van der Waals surface area contributed by atoms with Crippen LogP contribution < -0.4 is 9.80 Å².